The van der Waals surface area contributed by atoms with Gasteiger partial charge in [-0.05, 0) is 12.1 Å². The van der Waals surface area contributed by atoms with Gasteiger partial charge in [-0.25, -0.2) is 4.79 Å². The van der Waals surface area contributed by atoms with E-state index in [4.69, 9.17) is 5.11 Å². The lowest BCUT2D eigenvalue weighted by Crippen LogP contribution is -2.53. The number of piperazine rings is 1. The molecule has 0 bridgehead atoms. The Morgan fingerprint density at radius 3 is 2.94 bits per heavy atom. The average molecular weight is 252 g/mol. The van der Waals surface area contributed by atoms with Gasteiger partial charge in [-0.15, -0.1) is 11.8 Å². The molecule has 4 nitrogen and oxygen atoms in total. The Morgan fingerprint density at radius 2 is 2.24 bits per heavy atom. The van der Waals surface area contributed by atoms with Crippen LogP contribution in [0.25, 0.3) is 0 Å². The fourth-order valence-corrected chi connectivity index (χ4v) is 2.79. The van der Waals surface area contributed by atoms with Crippen molar-refractivity contribution in [3.63, 3.8) is 0 Å². The lowest BCUT2D eigenvalue weighted by Gasteiger charge is -2.31. The number of rotatable bonds is 3. The highest BCUT2D eigenvalue weighted by Crippen LogP contribution is 2.18. The van der Waals surface area contributed by atoms with Crippen molar-refractivity contribution >= 4 is 17.9 Å². The van der Waals surface area contributed by atoms with Crippen LogP contribution in [0.3, 0.4) is 0 Å². The zero-order valence-electron chi connectivity index (χ0n) is 9.50. The minimum absolute atomic E-state index is 0.241. The summed E-state index contributed by atoms with van der Waals surface area (Å²) in [6, 6.07) is 10.4. The monoisotopic (exact) mass is 252 g/mol. The van der Waals surface area contributed by atoms with Crippen molar-refractivity contribution < 1.29 is 9.90 Å². The number of amides is 1. The molecule has 1 aromatic rings. The lowest BCUT2D eigenvalue weighted by atomic mass is 10.2. The van der Waals surface area contributed by atoms with Crippen molar-refractivity contribution in [2.75, 3.05) is 25.4 Å². The Balaban J connectivity index is 1.81. The van der Waals surface area contributed by atoms with Gasteiger partial charge in [0, 0.05) is 36.3 Å². The molecule has 1 aliphatic heterocycles. The summed E-state index contributed by atoms with van der Waals surface area (Å²) in [6.07, 6.45) is -0.818. The van der Waals surface area contributed by atoms with Crippen LogP contribution in [-0.2, 0) is 0 Å². The Bertz CT molecular complexity index is 372. The highest BCUT2D eigenvalue weighted by Gasteiger charge is 2.22. The lowest BCUT2D eigenvalue weighted by molar-refractivity contribution is 0.131. The summed E-state index contributed by atoms with van der Waals surface area (Å²) >= 11 is 1.76. The molecule has 2 rings (SSSR count). The summed E-state index contributed by atoms with van der Waals surface area (Å²) in [5, 5.41) is 12.3. The van der Waals surface area contributed by atoms with Crippen molar-refractivity contribution in [2.45, 2.75) is 10.9 Å². The fourth-order valence-electron chi connectivity index (χ4n) is 1.82. The zero-order chi connectivity index (χ0) is 12.1. The summed E-state index contributed by atoms with van der Waals surface area (Å²) in [7, 11) is 0. The minimum atomic E-state index is -0.818. The van der Waals surface area contributed by atoms with Crippen LogP contribution in [0.5, 0.6) is 0 Å². The molecule has 1 amide bonds. The maximum atomic E-state index is 10.9. The molecule has 1 fully saturated rings. The van der Waals surface area contributed by atoms with E-state index in [9.17, 15) is 4.79 Å². The first-order valence-electron chi connectivity index (χ1n) is 5.65. The Kier molecular flexibility index (Phi) is 4.28. The maximum Gasteiger partial charge on any atom is 0.407 e. The maximum absolute atomic E-state index is 10.9. The molecule has 1 atom stereocenters. The first-order chi connectivity index (χ1) is 8.25. The van der Waals surface area contributed by atoms with Crippen LogP contribution in [0, 0.1) is 0 Å². The summed E-state index contributed by atoms with van der Waals surface area (Å²) in [4.78, 5) is 13.6. The molecule has 92 valence electrons. The van der Waals surface area contributed by atoms with E-state index < -0.39 is 6.09 Å². The third-order valence-electron chi connectivity index (χ3n) is 2.72. The molecule has 0 aromatic heterocycles. The topological polar surface area (TPSA) is 52.6 Å². The minimum Gasteiger partial charge on any atom is -0.465 e. The van der Waals surface area contributed by atoms with Gasteiger partial charge in [0.05, 0.1) is 0 Å². The molecular formula is C12H16N2O2S. The number of nitrogens with one attached hydrogen (secondary N) is 1. The van der Waals surface area contributed by atoms with E-state index in [-0.39, 0.29) is 6.04 Å². The summed E-state index contributed by atoms with van der Waals surface area (Å²) in [5.74, 6) is 0.897. The SMILES string of the molecule is O=C(O)N1CCNC(CSc2ccccc2)C1. The number of benzene rings is 1. The molecule has 5 heteroatoms. The van der Waals surface area contributed by atoms with Gasteiger partial charge >= 0.3 is 6.09 Å². The second kappa shape index (κ2) is 5.93. The van der Waals surface area contributed by atoms with Crippen molar-refractivity contribution in [3.8, 4) is 0 Å². The van der Waals surface area contributed by atoms with Crippen LogP contribution in [0.1, 0.15) is 0 Å². The molecule has 1 aromatic carbocycles. The van der Waals surface area contributed by atoms with E-state index in [1.807, 2.05) is 18.2 Å². The zero-order valence-corrected chi connectivity index (χ0v) is 10.3. The van der Waals surface area contributed by atoms with Crippen molar-refractivity contribution in [1.82, 2.24) is 10.2 Å². The summed E-state index contributed by atoms with van der Waals surface area (Å²) in [6.45, 7) is 1.91. The number of hydrogen-bond acceptors (Lipinski definition) is 3. The standard InChI is InChI=1S/C12H16N2O2S/c15-12(16)14-7-6-13-10(8-14)9-17-11-4-2-1-3-5-11/h1-5,10,13H,6-9H2,(H,15,16). The molecule has 2 N–H and O–H groups in total. The molecule has 1 heterocycles. The summed E-state index contributed by atoms with van der Waals surface area (Å²) < 4.78 is 0. The number of thioether (sulfide) groups is 1. The van der Waals surface area contributed by atoms with Crippen LogP contribution in [0.15, 0.2) is 35.2 Å². The van der Waals surface area contributed by atoms with Crippen molar-refractivity contribution in [1.29, 1.82) is 0 Å². The normalized spacial score (nSPS) is 20.2. The fraction of sp³-hybridized carbons (Fsp3) is 0.417. The molecule has 0 saturated carbocycles. The number of carboxylic acid groups (broad SMARTS) is 1. The van der Waals surface area contributed by atoms with Crippen LogP contribution < -0.4 is 5.32 Å². The third-order valence-corrected chi connectivity index (χ3v) is 3.89. The molecule has 17 heavy (non-hydrogen) atoms. The van der Waals surface area contributed by atoms with Crippen LogP contribution in [-0.4, -0.2) is 47.5 Å². The van der Waals surface area contributed by atoms with E-state index in [2.05, 4.69) is 17.4 Å². The molecule has 0 spiro atoms. The van der Waals surface area contributed by atoms with E-state index >= 15 is 0 Å². The second-order valence-corrected chi connectivity index (χ2v) is 5.10. The molecule has 1 unspecified atom stereocenters. The largest absolute Gasteiger partial charge is 0.465 e. The van der Waals surface area contributed by atoms with E-state index in [0.29, 0.717) is 13.1 Å². The Hall–Kier alpha value is -1.20. The van der Waals surface area contributed by atoms with Gasteiger partial charge in [0.15, 0.2) is 0 Å². The Labute approximate surface area is 105 Å². The van der Waals surface area contributed by atoms with Crippen molar-refractivity contribution in [3.05, 3.63) is 30.3 Å². The highest BCUT2D eigenvalue weighted by atomic mass is 32.2. The van der Waals surface area contributed by atoms with Gasteiger partial charge in [-0.1, -0.05) is 18.2 Å². The van der Waals surface area contributed by atoms with Crippen LogP contribution >= 0.6 is 11.8 Å². The molecule has 0 radical (unpaired) electrons. The molecule has 1 aliphatic rings. The predicted octanol–water partition coefficient (Wildman–Crippen LogP) is 1.73. The van der Waals surface area contributed by atoms with Crippen molar-refractivity contribution in [2.24, 2.45) is 0 Å². The van der Waals surface area contributed by atoms with Gasteiger partial charge in [0.25, 0.3) is 0 Å². The third kappa shape index (κ3) is 3.64. The van der Waals surface area contributed by atoms with Crippen LogP contribution in [0.4, 0.5) is 4.79 Å². The average Bonchev–Trinajstić information content (AvgIpc) is 2.38. The van der Waals surface area contributed by atoms with Crippen LogP contribution in [0.2, 0.25) is 0 Å². The van der Waals surface area contributed by atoms with Gasteiger partial charge in [-0.3, -0.25) is 0 Å². The predicted molar refractivity (Wildman–Crippen MR) is 68.6 cm³/mol. The highest BCUT2D eigenvalue weighted by molar-refractivity contribution is 7.99. The first-order valence-corrected chi connectivity index (χ1v) is 6.63. The second-order valence-electron chi connectivity index (χ2n) is 4.00. The Morgan fingerprint density at radius 1 is 1.47 bits per heavy atom. The van der Waals surface area contributed by atoms with Gasteiger partial charge in [0.1, 0.15) is 0 Å². The number of nitrogens with zero attached hydrogens (tertiary/aromatic N) is 1. The van der Waals surface area contributed by atoms with E-state index in [1.54, 1.807) is 11.8 Å². The smallest absolute Gasteiger partial charge is 0.407 e. The quantitative estimate of drug-likeness (QED) is 0.804. The molecular weight excluding hydrogens is 236 g/mol. The molecule has 0 aliphatic carbocycles. The van der Waals surface area contributed by atoms with Gasteiger partial charge in [-0.2, -0.15) is 0 Å². The number of hydrogen-bond donors (Lipinski definition) is 2. The number of carbonyl (C=O) groups is 1. The van der Waals surface area contributed by atoms with Gasteiger partial charge < -0.3 is 15.3 Å². The van der Waals surface area contributed by atoms with E-state index in [1.165, 1.54) is 9.80 Å². The van der Waals surface area contributed by atoms with Gasteiger partial charge in [0.2, 0.25) is 0 Å². The summed E-state index contributed by atoms with van der Waals surface area (Å²) in [5.41, 5.74) is 0. The first kappa shape index (κ1) is 12.3. The van der Waals surface area contributed by atoms with E-state index in [0.717, 1.165) is 12.3 Å². The molecule has 1 saturated heterocycles.